The molecule has 0 spiro atoms. The molecule has 344 valence electrons. The van der Waals surface area contributed by atoms with Crippen LogP contribution in [-0.2, 0) is 0 Å². The predicted molar refractivity (Wildman–Crippen MR) is 313 cm³/mol. The fourth-order valence-electron chi connectivity index (χ4n) is 11.4. The third-order valence-corrected chi connectivity index (χ3v) is 19.6. The molecular formula is C70H50N2Si. The third kappa shape index (κ3) is 7.75. The molecular weight excluding hydrogens is 897 g/mol. The molecule has 0 radical (unpaired) electrons. The Labute approximate surface area is 428 Å². The standard InChI is InChI=1S/C70H50N2Si/c1-5-21-56(22-6-1)72-68-33-16-15-30-67(68)70-66(32-18-34-69(70)72)55-41-45-58(46-42-55)71(57-43-39-52(40-44-57)51-35-37-54(38-36-51)65-31-17-20-53-19-13-14-29-64(53)65)59-47-49-63(50-48-59)73(60-23-7-2-8-24-60,61-25-9-3-10-26-61)62-27-11-4-12-28-62/h1-50H. The highest BCUT2D eigenvalue weighted by Crippen LogP contribution is 2.41. The summed E-state index contributed by atoms with van der Waals surface area (Å²) in [5.74, 6) is 0. The molecule has 0 unspecified atom stereocenters. The second kappa shape index (κ2) is 18.8. The number of nitrogens with zero attached hydrogens (tertiary/aromatic N) is 2. The van der Waals surface area contributed by atoms with Crippen LogP contribution in [0, 0.1) is 0 Å². The Morgan fingerprint density at radius 1 is 0.260 bits per heavy atom. The van der Waals surface area contributed by atoms with Gasteiger partial charge in [-0.25, -0.2) is 0 Å². The van der Waals surface area contributed by atoms with Crippen LogP contribution >= 0.6 is 0 Å². The van der Waals surface area contributed by atoms with Crippen LogP contribution in [0.1, 0.15) is 0 Å². The van der Waals surface area contributed by atoms with E-state index in [1.54, 1.807) is 0 Å². The third-order valence-electron chi connectivity index (χ3n) is 14.8. The first-order chi connectivity index (χ1) is 36.2. The Kier molecular flexibility index (Phi) is 11.3. The summed E-state index contributed by atoms with van der Waals surface area (Å²) in [5.41, 5.74) is 14.0. The van der Waals surface area contributed by atoms with Crippen molar-refractivity contribution < 1.29 is 0 Å². The second-order valence-corrected chi connectivity index (χ2v) is 22.6. The van der Waals surface area contributed by atoms with Gasteiger partial charge in [0.1, 0.15) is 0 Å². The molecule has 12 aromatic carbocycles. The summed E-state index contributed by atoms with van der Waals surface area (Å²) >= 11 is 0. The van der Waals surface area contributed by atoms with Crippen LogP contribution in [0.2, 0.25) is 0 Å². The highest BCUT2D eigenvalue weighted by atomic mass is 28.3. The van der Waals surface area contributed by atoms with Crippen molar-refractivity contribution in [3.8, 4) is 39.1 Å². The van der Waals surface area contributed by atoms with Crippen LogP contribution in [0.15, 0.2) is 303 Å². The summed E-state index contributed by atoms with van der Waals surface area (Å²) in [6.07, 6.45) is 0. The first-order valence-electron chi connectivity index (χ1n) is 25.2. The first-order valence-corrected chi connectivity index (χ1v) is 27.2. The predicted octanol–water partition coefficient (Wildman–Crippen LogP) is 15.8. The zero-order chi connectivity index (χ0) is 48.6. The molecule has 0 atom stereocenters. The number of rotatable bonds is 11. The lowest BCUT2D eigenvalue weighted by molar-refractivity contribution is 1.18. The Morgan fingerprint density at radius 3 is 1.23 bits per heavy atom. The van der Waals surface area contributed by atoms with Gasteiger partial charge in [0.05, 0.1) is 11.0 Å². The summed E-state index contributed by atoms with van der Waals surface area (Å²) in [4.78, 5) is 2.40. The SMILES string of the molecule is c1ccc(-n2c3ccccc3c3c(-c4ccc(N(c5ccc(-c6ccc(-c7cccc8ccccc78)cc6)cc5)c5ccc([Si](c6ccccc6)(c6ccccc6)c6ccccc6)cc5)cc4)cccc32)cc1. The number of fused-ring (bicyclic) bond motifs is 4. The minimum absolute atomic E-state index is 1.08. The molecule has 2 nitrogen and oxygen atoms in total. The molecule has 0 saturated carbocycles. The summed E-state index contributed by atoms with van der Waals surface area (Å²) in [6, 6.07) is 112. The van der Waals surface area contributed by atoms with Crippen molar-refractivity contribution in [1.29, 1.82) is 0 Å². The van der Waals surface area contributed by atoms with E-state index in [1.807, 2.05) is 0 Å². The molecule has 0 aliphatic heterocycles. The van der Waals surface area contributed by atoms with E-state index in [-0.39, 0.29) is 0 Å². The minimum Gasteiger partial charge on any atom is -0.311 e. The normalized spacial score (nSPS) is 11.6. The highest BCUT2D eigenvalue weighted by molar-refractivity contribution is 7.19. The lowest BCUT2D eigenvalue weighted by Gasteiger charge is -2.35. The lowest BCUT2D eigenvalue weighted by atomic mass is 9.96. The van der Waals surface area contributed by atoms with Gasteiger partial charge in [-0.2, -0.15) is 0 Å². The Morgan fingerprint density at radius 2 is 0.644 bits per heavy atom. The first kappa shape index (κ1) is 43.7. The van der Waals surface area contributed by atoms with Crippen molar-refractivity contribution in [3.05, 3.63) is 303 Å². The van der Waals surface area contributed by atoms with E-state index in [2.05, 4.69) is 313 Å². The van der Waals surface area contributed by atoms with Crippen molar-refractivity contribution in [1.82, 2.24) is 4.57 Å². The van der Waals surface area contributed by atoms with Crippen molar-refractivity contribution in [2.75, 3.05) is 4.90 Å². The molecule has 0 N–H and O–H groups in total. The van der Waals surface area contributed by atoms with Gasteiger partial charge < -0.3 is 9.47 Å². The number of hydrogen-bond acceptors (Lipinski definition) is 1. The Balaban J connectivity index is 0.920. The van der Waals surface area contributed by atoms with Crippen molar-refractivity contribution in [2.45, 2.75) is 0 Å². The van der Waals surface area contributed by atoms with Crippen LogP contribution in [-0.4, -0.2) is 12.6 Å². The van der Waals surface area contributed by atoms with Gasteiger partial charge in [-0.05, 0) is 126 Å². The van der Waals surface area contributed by atoms with Crippen molar-refractivity contribution in [3.63, 3.8) is 0 Å². The van der Waals surface area contributed by atoms with Crippen LogP contribution in [0.5, 0.6) is 0 Å². The highest BCUT2D eigenvalue weighted by Gasteiger charge is 2.41. The summed E-state index contributed by atoms with van der Waals surface area (Å²) in [7, 11) is -2.73. The van der Waals surface area contributed by atoms with Crippen LogP contribution in [0.3, 0.4) is 0 Å². The molecule has 0 amide bonds. The number of anilines is 3. The Hall–Kier alpha value is -9.28. The van der Waals surface area contributed by atoms with Gasteiger partial charge in [-0.15, -0.1) is 0 Å². The number of para-hydroxylation sites is 2. The van der Waals surface area contributed by atoms with Gasteiger partial charge in [0.15, 0.2) is 8.07 Å². The summed E-state index contributed by atoms with van der Waals surface area (Å²) in [5, 5.41) is 10.4. The molecule has 13 aromatic rings. The van der Waals surface area contributed by atoms with Crippen LogP contribution < -0.4 is 25.6 Å². The van der Waals surface area contributed by atoms with Gasteiger partial charge in [0.25, 0.3) is 0 Å². The summed E-state index contributed by atoms with van der Waals surface area (Å²) in [6.45, 7) is 0. The number of hydrogen-bond donors (Lipinski definition) is 0. The molecule has 0 bridgehead atoms. The van der Waals surface area contributed by atoms with E-state index in [0.717, 1.165) is 22.7 Å². The maximum atomic E-state index is 2.40. The molecule has 0 aliphatic carbocycles. The molecule has 1 heterocycles. The molecule has 73 heavy (non-hydrogen) atoms. The molecule has 3 heteroatoms. The van der Waals surface area contributed by atoms with E-state index in [0.29, 0.717) is 0 Å². The van der Waals surface area contributed by atoms with Gasteiger partial charge in [-0.3, -0.25) is 0 Å². The second-order valence-electron chi connectivity index (χ2n) is 18.8. The van der Waals surface area contributed by atoms with E-state index >= 15 is 0 Å². The van der Waals surface area contributed by atoms with Gasteiger partial charge >= 0.3 is 0 Å². The van der Waals surface area contributed by atoms with E-state index in [9.17, 15) is 0 Å². The molecule has 0 aliphatic rings. The summed E-state index contributed by atoms with van der Waals surface area (Å²) < 4.78 is 2.39. The fraction of sp³-hybridized carbons (Fsp3) is 0. The number of benzene rings is 12. The maximum Gasteiger partial charge on any atom is 0.179 e. The monoisotopic (exact) mass is 946 g/mol. The molecule has 13 rings (SSSR count). The quantitative estimate of drug-likeness (QED) is 0.0926. The van der Waals surface area contributed by atoms with Crippen LogP contribution in [0.25, 0.3) is 71.6 Å². The van der Waals surface area contributed by atoms with E-state index in [4.69, 9.17) is 0 Å². The zero-order valence-electron chi connectivity index (χ0n) is 40.3. The lowest BCUT2D eigenvalue weighted by Crippen LogP contribution is -2.74. The largest absolute Gasteiger partial charge is 0.311 e. The van der Waals surface area contributed by atoms with E-state index in [1.165, 1.54) is 86.7 Å². The smallest absolute Gasteiger partial charge is 0.179 e. The zero-order valence-corrected chi connectivity index (χ0v) is 41.3. The topological polar surface area (TPSA) is 8.17 Å². The van der Waals surface area contributed by atoms with Crippen molar-refractivity contribution >= 4 is 78.5 Å². The minimum atomic E-state index is -2.73. The fourth-order valence-corrected chi connectivity index (χ4v) is 16.1. The molecule has 0 fully saturated rings. The van der Waals surface area contributed by atoms with Gasteiger partial charge in [-0.1, -0.05) is 243 Å². The average Bonchev–Trinajstić information content (AvgIpc) is 3.82. The molecule has 0 saturated heterocycles. The Bertz CT molecular complexity index is 3920. The van der Waals surface area contributed by atoms with Gasteiger partial charge in [0.2, 0.25) is 0 Å². The maximum absolute atomic E-state index is 2.73. The van der Waals surface area contributed by atoms with Crippen molar-refractivity contribution in [2.24, 2.45) is 0 Å². The average molecular weight is 947 g/mol. The van der Waals surface area contributed by atoms with Crippen LogP contribution in [0.4, 0.5) is 17.1 Å². The van der Waals surface area contributed by atoms with Gasteiger partial charge in [0, 0.05) is 33.5 Å². The van der Waals surface area contributed by atoms with E-state index < -0.39 is 8.07 Å². The molecule has 1 aromatic heterocycles. The number of aromatic nitrogens is 1.